The number of benzene rings is 2. The van der Waals surface area contributed by atoms with Crippen LogP contribution in [0.25, 0.3) is 6.08 Å². The van der Waals surface area contributed by atoms with Gasteiger partial charge in [-0.1, -0.05) is 52.7 Å². The lowest BCUT2D eigenvalue weighted by Gasteiger charge is -2.25. The number of allylic oxidation sites excluding steroid dienone is 1. The van der Waals surface area contributed by atoms with Gasteiger partial charge >= 0.3 is 5.97 Å². The van der Waals surface area contributed by atoms with Gasteiger partial charge < -0.3 is 9.47 Å². The van der Waals surface area contributed by atoms with Gasteiger partial charge in [-0.25, -0.2) is 9.79 Å². The highest BCUT2D eigenvalue weighted by Crippen LogP contribution is 2.35. The lowest BCUT2D eigenvalue weighted by Crippen LogP contribution is -2.40. The van der Waals surface area contributed by atoms with E-state index < -0.39 is 12.0 Å². The van der Waals surface area contributed by atoms with Crippen LogP contribution in [0.3, 0.4) is 0 Å². The summed E-state index contributed by atoms with van der Waals surface area (Å²) in [5, 5.41) is 0.926. The van der Waals surface area contributed by atoms with Crippen LogP contribution in [-0.4, -0.2) is 23.8 Å². The van der Waals surface area contributed by atoms with E-state index in [1.165, 1.54) is 15.9 Å². The lowest BCUT2D eigenvalue weighted by atomic mass is 9.96. The fourth-order valence-corrected chi connectivity index (χ4v) is 6.13. The lowest BCUT2D eigenvalue weighted by molar-refractivity contribution is -0.139. The van der Waals surface area contributed by atoms with Crippen LogP contribution in [0, 0.1) is 0 Å². The van der Waals surface area contributed by atoms with E-state index in [9.17, 15) is 9.59 Å². The molecule has 6 nitrogen and oxygen atoms in total. The Morgan fingerprint density at radius 3 is 2.66 bits per heavy atom. The van der Waals surface area contributed by atoms with Crippen molar-refractivity contribution < 1.29 is 14.3 Å². The number of halogens is 3. The number of thiazole rings is 1. The third-order valence-corrected chi connectivity index (χ3v) is 7.46. The van der Waals surface area contributed by atoms with Gasteiger partial charge in [-0.3, -0.25) is 9.36 Å². The summed E-state index contributed by atoms with van der Waals surface area (Å²) in [6.07, 6.45) is 1.72. The Morgan fingerprint density at radius 2 is 1.97 bits per heavy atom. The standard InChI is InChI=1S/C25H21BrCl2N2O4S/c1-4-33-22-14(10-15(27)12-17(22)26)11-19-23(31)30-21(16-8-6-7-9-18(16)28)20(24(32)34-5-2)13(3)29-25(30)35-19/h6-12,21H,4-5H2,1-3H3/b19-11-/t21-/m0/s1. The van der Waals surface area contributed by atoms with Crippen LogP contribution in [0.1, 0.15) is 37.9 Å². The summed E-state index contributed by atoms with van der Waals surface area (Å²) in [5.41, 5.74) is 1.69. The summed E-state index contributed by atoms with van der Waals surface area (Å²) in [5.74, 6) is 0.0409. The SMILES string of the molecule is CCOC(=O)C1=C(C)N=c2s/c(=C\c3cc(Cl)cc(Br)c3OCC)c(=O)n2[C@H]1c1ccccc1Cl. The molecule has 1 aromatic heterocycles. The Morgan fingerprint density at radius 1 is 1.23 bits per heavy atom. The van der Waals surface area contributed by atoms with Gasteiger partial charge in [0.05, 0.1) is 33.5 Å². The van der Waals surface area contributed by atoms with Crippen molar-refractivity contribution in [1.82, 2.24) is 4.57 Å². The van der Waals surface area contributed by atoms with Gasteiger partial charge in [0, 0.05) is 15.6 Å². The molecule has 4 rings (SSSR count). The molecule has 0 bridgehead atoms. The molecule has 0 aliphatic carbocycles. The van der Waals surface area contributed by atoms with E-state index in [4.69, 9.17) is 32.7 Å². The highest BCUT2D eigenvalue weighted by molar-refractivity contribution is 9.10. The Kier molecular flexibility index (Phi) is 7.86. The molecule has 0 saturated carbocycles. The molecule has 2 aromatic carbocycles. The first kappa shape index (κ1) is 25.7. The molecule has 2 heterocycles. The average Bonchev–Trinajstić information content (AvgIpc) is 3.10. The largest absolute Gasteiger partial charge is 0.492 e. The molecule has 1 aliphatic rings. The van der Waals surface area contributed by atoms with E-state index in [1.54, 1.807) is 50.3 Å². The molecule has 0 N–H and O–H groups in total. The second kappa shape index (κ2) is 10.7. The highest BCUT2D eigenvalue weighted by atomic mass is 79.9. The molecule has 0 radical (unpaired) electrons. The summed E-state index contributed by atoms with van der Waals surface area (Å²) < 4.78 is 13.7. The van der Waals surface area contributed by atoms with Crippen LogP contribution in [0.4, 0.5) is 0 Å². The fraction of sp³-hybridized carbons (Fsp3) is 0.240. The molecule has 182 valence electrons. The van der Waals surface area contributed by atoms with E-state index >= 15 is 0 Å². The first-order valence-corrected chi connectivity index (χ1v) is 13.2. The minimum Gasteiger partial charge on any atom is -0.492 e. The Balaban J connectivity index is 2.00. The van der Waals surface area contributed by atoms with Gasteiger partial charge in [-0.15, -0.1) is 0 Å². The number of carbonyl (C=O) groups excluding carboxylic acids is 1. The van der Waals surface area contributed by atoms with Crippen molar-refractivity contribution in [1.29, 1.82) is 0 Å². The summed E-state index contributed by atoms with van der Waals surface area (Å²) in [7, 11) is 0. The molecular formula is C25H21BrCl2N2O4S. The fourth-order valence-electron chi connectivity index (χ4n) is 3.91. The Hall–Kier alpha value is -2.39. The maximum atomic E-state index is 13.8. The zero-order chi connectivity index (χ0) is 25.3. The van der Waals surface area contributed by atoms with Gasteiger partial charge in [-0.05, 0) is 66.5 Å². The number of ether oxygens (including phenoxy) is 2. The molecule has 0 spiro atoms. The molecule has 3 aromatic rings. The monoisotopic (exact) mass is 594 g/mol. The van der Waals surface area contributed by atoms with Gasteiger partial charge in [-0.2, -0.15) is 0 Å². The number of hydrogen-bond donors (Lipinski definition) is 0. The molecule has 0 fully saturated rings. The maximum Gasteiger partial charge on any atom is 0.338 e. The Bertz CT molecular complexity index is 1530. The van der Waals surface area contributed by atoms with Crippen molar-refractivity contribution in [3.63, 3.8) is 0 Å². The zero-order valence-electron chi connectivity index (χ0n) is 19.1. The van der Waals surface area contributed by atoms with E-state index in [2.05, 4.69) is 20.9 Å². The van der Waals surface area contributed by atoms with Crippen LogP contribution in [0.5, 0.6) is 5.75 Å². The zero-order valence-corrected chi connectivity index (χ0v) is 23.0. The number of esters is 1. The normalized spacial score (nSPS) is 15.6. The number of aromatic nitrogens is 1. The Labute approximate surface area is 224 Å². The summed E-state index contributed by atoms with van der Waals surface area (Å²) in [6, 6.07) is 9.81. The van der Waals surface area contributed by atoms with Crippen LogP contribution >= 0.6 is 50.5 Å². The van der Waals surface area contributed by atoms with Crippen molar-refractivity contribution in [3.05, 3.63) is 93.0 Å². The van der Waals surface area contributed by atoms with Gasteiger partial charge in [0.25, 0.3) is 5.56 Å². The predicted octanol–water partition coefficient (Wildman–Crippen LogP) is 5.27. The third-order valence-electron chi connectivity index (χ3n) is 5.33. The smallest absolute Gasteiger partial charge is 0.338 e. The quantitative estimate of drug-likeness (QED) is 0.364. The molecular weight excluding hydrogens is 575 g/mol. The van der Waals surface area contributed by atoms with Crippen LogP contribution < -0.4 is 19.6 Å². The van der Waals surface area contributed by atoms with E-state index in [1.807, 2.05) is 13.0 Å². The number of carbonyl (C=O) groups is 1. The molecule has 35 heavy (non-hydrogen) atoms. The second-order valence-corrected chi connectivity index (χ2v) is 10.3. The average molecular weight is 596 g/mol. The van der Waals surface area contributed by atoms with E-state index in [-0.39, 0.29) is 17.7 Å². The van der Waals surface area contributed by atoms with Crippen LogP contribution in [-0.2, 0) is 9.53 Å². The second-order valence-electron chi connectivity index (χ2n) is 7.56. The third kappa shape index (κ3) is 4.98. The van der Waals surface area contributed by atoms with Crippen molar-refractivity contribution in [2.75, 3.05) is 13.2 Å². The minimum atomic E-state index is -0.779. The van der Waals surface area contributed by atoms with E-state index in [0.29, 0.717) is 53.0 Å². The number of rotatable bonds is 6. The number of hydrogen-bond acceptors (Lipinski definition) is 6. The van der Waals surface area contributed by atoms with Gasteiger partial charge in [0.15, 0.2) is 4.80 Å². The summed E-state index contributed by atoms with van der Waals surface area (Å²) in [6.45, 7) is 5.97. The van der Waals surface area contributed by atoms with Crippen molar-refractivity contribution in [2.45, 2.75) is 26.8 Å². The molecule has 0 saturated heterocycles. The van der Waals surface area contributed by atoms with Crippen LogP contribution in [0.15, 0.2) is 61.9 Å². The summed E-state index contributed by atoms with van der Waals surface area (Å²) >= 11 is 17.5. The van der Waals surface area contributed by atoms with Crippen molar-refractivity contribution >= 4 is 62.5 Å². The molecule has 0 amide bonds. The molecule has 0 unspecified atom stereocenters. The molecule has 1 atom stereocenters. The maximum absolute atomic E-state index is 13.8. The van der Waals surface area contributed by atoms with Crippen LogP contribution in [0.2, 0.25) is 10.0 Å². The van der Waals surface area contributed by atoms with Gasteiger partial charge in [0.2, 0.25) is 0 Å². The number of fused-ring (bicyclic) bond motifs is 1. The number of nitrogens with zero attached hydrogens (tertiary/aromatic N) is 2. The predicted molar refractivity (Wildman–Crippen MR) is 142 cm³/mol. The highest BCUT2D eigenvalue weighted by Gasteiger charge is 2.34. The molecule has 10 heteroatoms. The van der Waals surface area contributed by atoms with Crippen molar-refractivity contribution in [3.8, 4) is 5.75 Å². The molecule has 1 aliphatic heterocycles. The first-order chi connectivity index (χ1) is 16.8. The van der Waals surface area contributed by atoms with Gasteiger partial charge in [0.1, 0.15) is 11.8 Å². The first-order valence-electron chi connectivity index (χ1n) is 10.8. The minimum absolute atomic E-state index is 0.194. The summed E-state index contributed by atoms with van der Waals surface area (Å²) in [4.78, 5) is 31.8. The van der Waals surface area contributed by atoms with E-state index in [0.717, 1.165) is 0 Å². The topological polar surface area (TPSA) is 69.9 Å². The van der Waals surface area contributed by atoms with Crippen molar-refractivity contribution in [2.24, 2.45) is 4.99 Å².